The van der Waals surface area contributed by atoms with Gasteiger partial charge in [0, 0.05) is 11.1 Å². The fourth-order valence-electron chi connectivity index (χ4n) is 3.13. The average molecular weight is 399 g/mol. The Balaban J connectivity index is 1.56. The van der Waals surface area contributed by atoms with Gasteiger partial charge in [-0.2, -0.15) is 9.97 Å². The van der Waals surface area contributed by atoms with Crippen LogP contribution in [0.25, 0.3) is 44.7 Å². The molecule has 1 heterocycles. The Morgan fingerprint density at radius 1 is 0.586 bits per heavy atom. The Kier molecular flexibility index (Phi) is 3.29. The van der Waals surface area contributed by atoms with Crippen molar-refractivity contribution in [2.24, 2.45) is 0 Å². The lowest BCUT2D eigenvalue weighted by Gasteiger charge is -2.07. The minimum Gasteiger partial charge on any atom is -0.208 e. The van der Waals surface area contributed by atoms with Gasteiger partial charge in [0.1, 0.15) is 0 Å². The first kappa shape index (κ1) is 12.8. The minimum atomic E-state index is -0.483. The molecule has 0 spiro atoms. The van der Waals surface area contributed by atoms with Crippen LogP contribution in [-0.4, -0.2) is 15.0 Å². The van der Waals surface area contributed by atoms with Crippen molar-refractivity contribution in [1.29, 1.82) is 0 Å². The van der Waals surface area contributed by atoms with E-state index >= 15 is 0 Å². The van der Waals surface area contributed by atoms with E-state index in [-0.39, 0.29) is 22.5 Å². The van der Waals surface area contributed by atoms with Crippen LogP contribution in [0.15, 0.2) is 96.9 Å². The van der Waals surface area contributed by atoms with Gasteiger partial charge in [0.2, 0.25) is 5.28 Å². The van der Waals surface area contributed by atoms with Crippen LogP contribution in [0.2, 0.25) is 5.28 Å². The Hall–Kier alpha value is -3.56. The number of benzene rings is 4. The van der Waals surface area contributed by atoms with Gasteiger partial charge in [-0.1, -0.05) is 90.9 Å². The zero-order chi connectivity index (χ0) is 24.0. The van der Waals surface area contributed by atoms with Crippen LogP contribution in [0.4, 0.5) is 0 Å². The molecule has 0 unspecified atom stereocenters. The molecule has 0 saturated heterocycles. The van der Waals surface area contributed by atoms with Crippen LogP contribution >= 0.6 is 11.6 Å². The highest BCUT2D eigenvalue weighted by Crippen LogP contribution is 2.27. The largest absolute Gasteiger partial charge is 0.226 e. The first-order valence-corrected chi connectivity index (χ1v) is 9.30. The van der Waals surface area contributed by atoms with Gasteiger partial charge in [-0.15, -0.1) is 0 Å². The molecule has 0 radical (unpaired) electrons. The summed E-state index contributed by atoms with van der Waals surface area (Å²) < 4.78 is 39.9. The standard InChI is InChI=1S/C25H16ClN3/c26-25-28-23(19-7-2-1-3-8-19)27-24(29-25)20-13-10-18(11-14-20)22-15-12-17-6-4-5-9-21(17)16-22/h1-16H/i1D,2D,3D,7D,8D. The van der Waals surface area contributed by atoms with Crippen molar-refractivity contribution in [2.45, 2.75) is 0 Å². The van der Waals surface area contributed by atoms with E-state index in [2.05, 4.69) is 45.3 Å². The van der Waals surface area contributed by atoms with Crippen LogP contribution in [0.3, 0.4) is 0 Å². The highest BCUT2D eigenvalue weighted by molar-refractivity contribution is 6.28. The van der Waals surface area contributed by atoms with Gasteiger partial charge in [0.25, 0.3) is 0 Å². The monoisotopic (exact) mass is 398 g/mol. The summed E-state index contributed by atoms with van der Waals surface area (Å²) in [5.41, 5.74) is 2.62. The molecule has 0 saturated carbocycles. The molecule has 0 aliphatic carbocycles. The summed E-state index contributed by atoms with van der Waals surface area (Å²) in [7, 11) is 0. The number of fused-ring (bicyclic) bond motifs is 1. The zero-order valence-electron chi connectivity index (χ0n) is 20.1. The molecule has 3 nitrogen and oxygen atoms in total. The lowest BCUT2D eigenvalue weighted by molar-refractivity contribution is 1.07. The van der Waals surface area contributed by atoms with E-state index in [0.717, 1.165) is 16.5 Å². The highest BCUT2D eigenvalue weighted by Gasteiger charge is 2.09. The second kappa shape index (κ2) is 7.46. The minimum absolute atomic E-state index is 0.0781. The van der Waals surface area contributed by atoms with Crippen molar-refractivity contribution in [3.8, 4) is 33.9 Å². The Morgan fingerprint density at radius 2 is 1.21 bits per heavy atom. The van der Waals surface area contributed by atoms with Crippen molar-refractivity contribution in [2.75, 3.05) is 0 Å². The zero-order valence-corrected chi connectivity index (χ0v) is 15.8. The predicted octanol–water partition coefficient (Wildman–Crippen LogP) is 6.68. The summed E-state index contributed by atoms with van der Waals surface area (Å²) in [5.74, 6) is 0.164. The molecule has 29 heavy (non-hydrogen) atoms. The maximum Gasteiger partial charge on any atom is 0.226 e. The molecule has 4 heteroatoms. The topological polar surface area (TPSA) is 38.7 Å². The summed E-state index contributed by atoms with van der Waals surface area (Å²) in [6, 6.07) is 19.8. The number of hydrogen-bond acceptors (Lipinski definition) is 3. The molecule has 0 aliphatic heterocycles. The van der Waals surface area contributed by atoms with Crippen molar-refractivity contribution in [1.82, 2.24) is 15.0 Å². The van der Waals surface area contributed by atoms with Crippen LogP contribution in [0.1, 0.15) is 6.85 Å². The second-order valence-corrected chi connectivity index (χ2v) is 6.73. The predicted molar refractivity (Wildman–Crippen MR) is 119 cm³/mol. The SMILES string of the molecule is [2H]c1c([2H])c([2H])c(-c2nc(Cl)nc(-c3ccc(-c4ccc5ccccc5c4)cc3)n2)c([2H])c1[2H]. The Labute approximate surface area is 180 Å². The molecule has 1 aromatic heterocycles. The molecule has 5 aromatic rings. The Bertz CT molecular complexity index is 1540. The molecule has 0 aliphatic rings. The highest BCUT2D eigenvalue weighted by atomic mass is 35.5. The van der Waals surface area contributed by atoms with Gasteiger partial charge < -0.3 is 0 Å². The van der Waals surface area contributed by atoms with Crippen LogP contribution in [-0.2, 0) is 0 Å². The Morgan fingerprint density at radius 3 is 1.97 bits per heavy atom. The second-order valence-electron chi connectivity index (χ2n) is 6.39. The molecule has 0 atom stereocenters. The molecular formula is C25H16ClN3. The van der Waals surface area contributed by atoms with Gasteiger partial charge in [0.05, 0.1) is 6.85 Å². The molecular weight excluding hydrogens is 378 g/mol. The number of nitrogens with zero attached hydrogens (tertiary/aromatic N) is 3. The van der Waals surface area contributed by atoms with E-state index in [9.17, 15) is 0 Å². The van der Waals surface area contributed by atoms with E-state index in [1.54, 1.807) is 0 Å². The molecule has 4 aromatic carbocycles. The van der Waals surface area contributed by atoms with Crippen molar-refractivity contribution < 1.29 is 6.85 Å². The average Bonchev–Trinajstić information content (AvgIpc) is 2.86. The van der Waals surface area contributed by atoms with Gasteiger partial charge >= 0.3 is 0 Å². The van der Waals surface area contributed by atoms with E-state index in [4.69, 9.17) is 18.5 Å². The smallest absolute Gasteiger partial charge is 0.208 e. The van der Waals surface area contributed by atoms with E-state index in [1.165, 1.54) is 5.39 Å². The van der Waals surface area contributed by atoms with Crippen molar-refractivity contribution in [3.63, 3.8) is 0 Å². The maximum absolute atomic E-state index is 8.18. The first-order valence-electron chi connectivity index (χ1n) is 11.4. The summed E-state index contributed by atoms with van der Waals surface area (Å²) in [5, 5.41) is 2.19. The summed E-state index contributed by atoms with van der Waals surface area (Å²) in [6.07, 6.45) is 0. The van der Waals surface area contributed by atoms with Gasteiger partial charge in [-0.25, -0.2) is 4.98 Å². The van der Waals surface area contributed by atoms with Gasteiger partial charge in [-0.05, 0) is 39.6 Å². The van der Waals surface area contributed by atoms with E-state index < -0.39 is 30.2 Å². The molecule has 0 amide bonds. The van der Waals surface area contributed by atoms with Crippen molar-refractivity contribution >= 4 is 22.4 Å². The van der Waals surface area contributed by atoms with E-state index in [1.807, 2.05) is 36.4 Å². The van der Waals surface area contributed by atoms with Gasteiger partial charge in [-0.3, -0.25) is 0 Å². The molecule has 0 bridgehead atoms. The number of aromatic nitrogens is 3. The fraction of sp³-hybridized carbons (Fsp3) is 0. The van der Waals surface area contributed by atoms with Crippen molar-refractivity contribution in [3.05, 3.63) is 102 Å². The van der Waals surface area contributed by atoms with E-state index in [0.29, 0.717) is 5.56 Å². The van der Waals surface area contributed by atoms with Gasteiger partial charge in [0.15, 0.2) is 11.6 Å². The normalized spacial score (nSPS) is 13.3. The third-order valence-corrected chi connectivity index (χ3v) is 4.73. The third kappa shape index (κ3) is 3.60. The lowest BCUT2D eigenvalue weighted by Crippen LogP contribution is -1.97. The molecule has 138 valence electrons. The van der Waals surface area contributed by atoms with Crippen LogP contribution in [0.5, 0.6) is 0 Å². The first-order chi connectivity index (χ1) is 16.3. The fourth-order valence-corrected chi connectivity index (χ4v) is 3.29. The number of hydrogen-bond donors (Lipinski definition) is 0. The number of rotatable bonds is 3. The lowest BCUT2D eigenvalue weighted by atomic mass is 10.0. The van der Waals surface area contributed by atoms with Crippen LogP contribution < -0.4 is 0 Å². The summed E-state index contributed by atoms with van der Waals surface area (Å²) in [4.78, 5) is 12.6. The maximum atomic E-state index is 8.18. The summed E-state index contributed by atoms with van der Waals surface area (Å²) >= 11 is 6.13. The molecule has 0 fully saturated rings. The third-order valence-electron chi connectivity index (χ3n) is 4.56. The molecule has 5 rings (SSSR count). The molecule has 0 N–H and O–H groups in total. The quantitative estimate of drug-likeness (QED) is 0.340. The summed E-state index contributed by atoms with van der Waals surface area (Å²) in [6.45, 7) is 0. The van der Waals surface area contributed by atoms with Crippen LogP contribution in [0, 0.1) is 0 Å². The number of halogens is 1.